The van der Waals surface area contributed by atoms with Crippen molar-refractivity contribution in [2.45, 2.75) is 39.0 Å². The van der Waals surface area contributed by atoms with Crippen LogP contribution < -0.4 is 5.32 Å². The minimum Gasteiger partial charge on any atom is -0.322 e. The summed E-state index contributed by atoms with van der Waals surface area (Å²) >= 11 is 0. The van der Waals surface area contributed by atoms with Gasteiger partial charge in [0.25, 0.3) is 5.91 Å². The summed E-state index contributed by atoms with van der Waals surface area (Å²) in [5.41, 5.74) is 4.28. The lowest BCUT2D eigenvalue weighted by atomic mass is 9.90. The van der Waals surface area contributed by atoms with Crippen molar-refractivity contribution in [1.82, 2.24) is 9.78 Å². The molecule has 1 aliphatic rings. The minimum absolute atomic E-state index is 0.123. The van der Waals surface area contributed by atoms with Crippen molar-refractivity contribution in [2.75, 3.05) is 5.32 Å². The van der Waals surface area contributed by atoms with E-state index in [1.165, 1.54) is 18.3 Å². The van der Waals surface area contributed by atoms with E-state index in [0.29, 0.717) is 35.3 Å². The van der Waals surface area contributed by atoms with Crippen molar-refractivity contribution < 1.29 is 14.0 Å². The number of aryl methyl sites for hydroxylation is 1. The number of hydrogen-bond acceptors (Lipinski definition) is 3. The lowest BCUT2D eigenvalue weighted by molar-refractivity contribution is 0.0970. The SMILES string of the molecule is CCCc1c(C(=O)Nc2ccc3c(c2)C(=O)CCC3)cnn1-c1ccc(F)cc1. The van der Waals surface area contributed by atoms with Crippen LogP contribution in [0.4, 0.5) is 10.1 Å². The zero-order valence-electron chi connectivity index (χ0n) is 16.2. The van der Waals surface area contributed by atoms with E-state index in [2.05, 4.69) is 10.4 Å². The Hall–Kier alpha value is -3.28. The van der Waals surface area contributed by atoms with E-state index in [9.17, 15) is 14.0 Å². The van der Waals surface area contributed by atoms with Gasteiger partial charge >= 0.3 is 0 Å². The average molecular weight is 391 g/mol. The van der Waals surface area contributed by atoms with Crippen molar-refractivity contribution in [3.8, 4) is 5.69 Å². The summed E-state index contributed by atoms with van der Waals surface area (Å²) in [6.07, 6.45) is 5.34. The summed E-state index contributed by atoms with van der Waals surface area (Å²) in [4.78, 5) is 25.1. The number of nitrogens with one attached hydrogen (secondary N) is 1. The van der Waals surface area contributed by atoms with Gasteiger partial charge in [-0.05, 0) is 61.2 Å². The van der Waals surface area contributed by atoms with Crippen LogP contribution in [0, 0.1) is 5.82 Å². The highest BCUT2D eigenvalue weighted by Crippen LogP contribution is 2.25. The van der Waals surface area contributed by atoms with Crippen LogP contribution in [-0.2, 0) is 12.8 Å². The molecule has 0 fully saturated rings. The number of amides is 1. The molecule has 0 bridgehead atoms. The standard InChI is InChI=1S/C23H22FN3O2/c1-2-4-21-20(14-25-27(21)18-11-8-16(24)9-12-18)23(29)26-17-10-7-15-5-3-6-22(28)19(15)13-17/h7-14H,2-6H2,1H3,(H,26,29). The van der Waals surface area contributed by atoms with Crippen LogP contribution >= 0.6 is 0 Å². The normalized spacial score (nSPS) is 13.2. The molecule has 0 saturated heterocycles. The molecule has 1 amide bonds. The van der Waals surface area contributed by atoms with E-state index in [4.69, 9.17) is 0 Å². The van der Waals surface area contributed by atoms with Gasteiger partial charge in [-0.3, -0.25) is 9.59 Å². The number of ketones is 1. The van der Waals surface area contributed by atoms with Crippen LogP contribution in [0.5, 0.6) is 0 Å². The summed E-state index contributed by atoms with van der Waals surface area (Å²) in [7, 11) is 0. The smallest absolute Gasteiger partial charge is 0.259 e. The van der Waals surface area contributed by atoms with Gasteiger partial charge in [0.1, 0.15) is 5.82 Å². The summed E-state index contributed by atoms with van der Waals surface area (Å²) in [5, 5.41) is 7.26. The first-order valence-electron chi connectivity index (χ1n) is 9.87. The minimum atomic E-state index is -0.321. The van der Waals surface area contributed by atoms with Gasteiger partial charge in [0.05, 0.1) is 23.1 Å². The van der Waals surface area contributed by atoms with Gasteiger partial charge in [-0.1, -0.05) is 19.4 Å². The molecule has 1 heterocycles. The number of carbonyl (C=O) groups excluding carboxylic acids is 2. The predicted molar refractivity (Wildman–Crippen MR) is 109 cm³/mol. The molecule has 0 spiro atoms. The molecule has 148 valence electrons. The van der Waals surface area contributed by atoms with Crippen molar-refractivity contribution in [1.29, 1.82) is 0 Å². The number of hydrogen-bond donors (Lipinski definition) is 1. The summed E-state index contributed by atoms with van der Waals surface area (Å²) < 4.78 is 14.9. The molecule has 3 aromatic rings. The molecular weight excluding hydrogens is 369 g/mol. The fourth-order valence-corrected chi connectivity index (χ4v) is 3.75. The molecule has 6 heteroatoms. The van der Waals surface area contributed by atoms with Crippen LogP contribution in [0.25, 0.3) is 5.69 Å². The molecular formula is C23H22FN3O2. The Bertz CT molecular complexity index is 1070. The fraction of sp³-hybridized carbons (Fsp3) is 0.261. The number of fused-ring (bicyclic) bond motifs is 1. The molecule has 1 aliphatic carbocycles. The second-order valence-electron chi connectivity index (χ2n) is 7.25. The third kappa shape index (κ3) is 3.83. The van der Waals surface area contributed by atoms with Crippen molar-refractivity contribution in [2.24, 2.45) is 0 Å². The number of aromatic nitrogens is 2. The molecule has 5 nitrogen and oxygen atoms in total. The molecule has 1 aromatic heterocycles. The monoisotopic (exact) mass is 391 g/mol. The second kappa shape index (κ2) is 7.99. The first-order valence-corrected chi connectivity index (χ1v) is 9.87. The topological polar surface area (TPSA) is 64.0 Å². The Morgan fingerprint density at radius 1 is 1.17 bits per heavy atom. The summed E-state index contributed by atoms with van der Waals surface area (Å²) in [6, 6.07) is 11.5. The molecule has 0 atom stereocenters. The maximum Gasteiger partial charge on any atom is 0.259 e. The van der Waals surface area contributed by atoms with Gasteiger partial charge in [0.15, 0.2) is 5.78 Å². The van der Waals surface area contributed by atoms with E-state index in [0.717, 1.165) is 30.5 Å². The number of rotatable bonds is 5. The predicted octanol–water partition coefficient (Wildman–Crippen LogP) is 4.74. The number of nitrogens with zero attached hydrogens (tertiary/aromatic N) is 2. The van der Waals surface area contributed by atoms with Crippen molar-refractivity contribution in [3.63, 3.8) is 0 Å². The van der Waals surface area contributed by atoms with E-state index >= 15 is 0 Å². The van der Waals surface area contributed by atoms with E-state index < -0.39 is 0 Å². The maximum absolute atomic E-state index is 13.3. The van der Waals surface area contributed by atoms with Gasteiger partial charge in [-0.2, -0.15) is 5.10 Å². The molecule has 0 saturated carbocycles. The van der Waals surface area contributed by atoms with Crippen LogP contribution in [0.15, 0.2) is 48.7 Å². The number of carbonyl (C=O) groups is 2. The van der Waals surface area contributed by atoms with Crippen molar-refractivity contribution >= 4 is 17.4 Å². The van der Waals surface area contributed by atoms with Crippen LogP contribution in [0.2, 0.25) is 0 Å². The third-order valence-corrected chi connectivity index (χ3v) is 5.19. The zero-order valence-corrected chi connectivity index (χ0v) is 16.2. The van der Waals surface area contributed by atoms with Gasteiger partial charge < -0.3 is 5.32 Å². The third-order valence-electron chi connectivity index (χ3n) is 5.19. The molecule has 0 unspecified atom stereocenters. The van der Waals surface area contributed by atoms with E-state index in [1.807, 2.05) is 19.1 Å². The van der Waals surface area contributed by atoms with E-state index in [-0.39, 0.29) is 17.5 Å². The summed E-state index contributed by atoms with van der Waals surface area (Å²) in [5.74, 6) is -0.471. The Balaban J connectivity index is 1.63. The van der Waals surface area contributed by atoms with Gasteiger partial charge in [0, 0.05) is 17.7 Å². The second-order valence-corrected chi connectivity index (χ2v) is 7.25. The first kappa shape index (κ1) is 19.1. The largest absolute Gasteiger partial charge is 0.322 e. The average Bonchev–Trinajstić information content (AvgIpc) is 3.13. The molecule has 4 rings (SSSR count). The number of Topliss-reactive ketones (excluding diaryl/α,β-unsaturated/α-hetero) is 1. The Morgan fingerprint density at radius 3 is 2.72 bits per heavy atom. The molecule has 0 radical (unpaired) electrons. The first-order chi connectivity index (χ1) is 14.1. The van der Waals surface area contributed by atoms with Crippen LogP contribution in [0.3, 0.4) is 0 Å². The molecule has 0 aliphatic heterocycles. The summed E-state index contributed by atoms with van der Waals surface area (Å²) in [6.45, 7) is 2.03. The lowest BCUT2D eigenvalue weighted by Crippen LogP contribution is -2.16. The highest BCUT2D eigenvalue weighted by molar-refractivity contribution is 6.06. The fourth-order valence-electron chi connectivity index (χ4n) is 3.75. The molecule has 2 aromatic carbocycles. The quantitative estimate of drug-likeness (QED) is 0.684. The lowest BCUT2D eigenvalue weighted by Gasteiger charge is -2.16. The van der Waals surface area contributed by atoms with Gasteiger partial charge in [-0.25, -0.2) is 9.07 Å². The Kier molecular flexibility index (Phi) is 5.25. The Labute approximate surface area is 168 Å². The van der Waals surface area contributed by atoms with Gasteiger partial charge in [-0.15, -0.1) is 0 Å². The highest BCUT2D eigenvalue weighted by Gasteiger charge is 2.20. The zero-order chi connectivity index (χ0) is 20.4. The molecule has 1 N–H and O–H groups in total. The van der Waals surface area contributed by atoms with Gasteiger partial charge in [0.2, 0.25) is 0 Å². The highest BCUT2D eigenvalue weighted by atomic mass is 19.1. The number of anilines is 1. The Morgan fingerprint density at radius 2 is 1.97 bits per heavy atom. The van der Waals surface area contributed by atoms with Crippen LogP contribution in [0.1, 0.15) is 58.2 Å². The van der Waals surface area contributed by atoms with Crippen molar-refractivity contribution in [3.05, 3.63) is 76.9 Å². The molecule has 29 heavy (non-hydrogen) atoms. The number of benzene rings is 2. The van der Waals surface area contributed by atoms with E-state index in [1.54, 1.807) is 22.9 Å². The maximum atomic E-state index is 13.3. The number of halogens is 1. The van der Waals surface area contributed by atoms with Crippen LogP contribution in [-0.4, -0.2) is 21.5 Å².